The molecule has 2 aromatic carbocycles. The molecule has 0 radical (unpaired) electrons. The van der Waals surface area contributed by atoms with Crippen LogP contribution in [0.5, 0.6) is 0 Å². The van der Waals surface area contributed by atoms with E-state index in [1.807, 2.05) is 49.6 Å². The van der Waals surface area contributed by atoms with Gasteiger partial charge in [0.1, 0.15) is 0 Å². The predicted octanol–water partition coefficient (Wildman–Crippen LogP) is 4.38. The Bertz CT molecular complexity index is 1560. The summed E-state index contributed by atoms with van der Waals surface area (Å²) in [7, 11) is 1.86. The van der Waals surface area contributed by atoms with Gasteiger partial charge in [0.2, 0.25) is 11.8 Å². The van der Waals surface area contributed by atoms with E-state index in [9.17, 15) is 9.59 Å². The van der Waals surface area contributed by atoms with Crippen molar-refractivity contribution < 1.29 is 9.59 Å². The number of hydrogen-bond acceptors (Lipinski definition) is 4. The number of aryl methyl sites for hydroxylation is 1. The van der Waals surface area contributed by atoms with Crippen LogP contribution < -0.4 is 9.80 Å². The van der Waals surface area contributed by atoms with E-state index in [2.05, 4.69) is 22.6 Å². The van der Waals surface area contributed by atoms with Crippen molar-refractivity contribution in [3.63, 3.8) is 0 Å². The van der Waals surface area contributed by atoms with Gasteiger partial charge in [-0.3, -0.25) is 24.2 Å². The third kappa shape index (κ3) is 3.75. The van der Waals surface area contributed by atoms with Crippen molar-refractivity contribution in [2.75, 3.05) is 16.3 Å². The fourth-order valence-electron chi connectivity index (χ4n) is 4.59. The second-order valence-electron chi connectivity index (χ2n) is 8.41. The van der Waals surface area contributed by atoms with Gasteiger partial charge in [0.05, 0.1) is 28.7 Å². The Morgan fingerprint density at radius 1 is 1.17 bits per heavy atom. The number of benzene rings is 2. The molecule has 1 aliphatic heterocycles. The van der Waals surface area contributed by atoms with E-state index in [-0.39, 0.29) is 11.8 Å². The predicted molar refractivity (Wildman–Crippen MR) is 137 cm³/mol. The van der Waals surface area contributed by atoms with Crippen molar-refractivity contribution in [2.24, 2.45) is 7.05 Å². The molecule has 0 aliphatic carbocycles. The second kappa shape index (κ2) is 8.58. The van der Waals surface area contributed by atoms with Crippen LogP contribution in [0.15, 0.2) is 67.6 Å². The number of aromatic nitrogens is 3. The zero-order chi connectivity index (χ0) is 24.7. The van der Waals surface area contributed by atoms with Gasteiger partial charge in [-0.05, 0) is 47.9 Å². The summed E-state index contributed by atoms with van der Waals surface area (Å²) in [6, 6.07) is 11.6. The maximum atomic E-state index is 13.1. The van der Waals surface area contributed by atoms with Gasteiger partial charge in [0.25, 0.3) is 0 Å². The number of amides is 2. The minimum Gasteiger partial charge on any atom is -0.308 e. The zero-order valence-corrected chi connectivity index (χ0v) is 19.5. The first kappa shape index (κ1) is 22.1. The normalized spacial score (nSPS) is 12.3. The zero-order valence-electron chi connectivity index (χ0n) is 19.5. The van der Waals surface area contributed by atoms with E-state index < -0.39 is 0 Å². The Balaban J connectivity index is 1.73. The number of fused-ring (bicyclic) bond motifs is 2. The Morgan fingerprint density at radius 3 is 2.69 bits per heavy atom. The molecule has 2 aromatic heterocycles. The number of rotatable bonds is 4. The number of nitrogens with zero attached hydrogens (tertiary/aromatic N) is 5. The van der Waals surface area contributed by atoms with Gasteiger partial charge < -0.3 is 4.90 Å². The molecular weight excluding hydrogens is 438 g/mol. The summed E-state index contributed by atoms with van der Waals surface area (Å²) in [6.45, 7) is 5.69. The van der Waals surface area contributed by atoms with Gasteiger partial charge in [0, 0.05) is 49.5 Å². The fourth-order valence-corrected chi connectivity index (χ4v) is 4.59. The average Bonchev–Trinajstić information content (AvgIpc) is 3.49. The maximum absolute atomic E-state index is 13.1. The van der Waals surface area contributed by atoms with Gasteiger partial charge in [-0.1, -0.05) is 24.6 Å². The first-order chi connectivity index (χ1) is 16.9. The minimum atomic E-state index is -0.208. The van der Waals surface area contributed by atoms with Crippen LogP contribution in [0.3, 0.4) is 0 Å². The molecule has 35 heavy (non-hydrogen) atoms. The van der Waals surface area contributed by atoms with E-state index >= 15 is 0 Å². The highest BCUT2D eigenvalue weighted by atomic mass is 16.2. The maximum Gasteiger partial charge on any atom is 0.250 e. The number of carbonyl (C=O) groups is 2. The summed E-state index contributed by atoms with van der Waals surface area (Å²) in [5.41, 5.74) is 6.10. The summed E-state index contributed by atoms with van der Waals surface area (Å²) >= 11 is 0. The summed E-state index contributed by atoms with van der Waals surface area (Å²) in [4.78, 5) is 33.3. The van der Waals surface area contributed by atoms with Crippen molar-refractivity contribution in [1.29, 1.82) is 0 Å². The monoisotopic (exact) mass is 461 g/mol. The van der Waals surface area contributed by atoms with Gasteiger partial charge in [0.15, 0.2) is 0 Å². The molecule has 0 atom stereocenters. The van der Waals surface area contributed by atoms with Crippen LogP contribution in [0, 0.1) is 12.3 Å². The molecule has 4 aromatic rings. The molecule has 3 heterocycles. The van der Waals surface area contributed by atoms with Crippen LogP contribution in [0.4, 0.5) is 17.1 Å². The van der Waals surface area contributed by atoms with Crippen LogP contribution in [-0.4, -0.2) is 33.1 Å². The summed E-state index contributed by atoms with van der Waals surface area (Å²) in [6.07, 6.45) is 13.2. The molecule has 0 bridgehead atoms. The van der Waals surface area contributed by atoms with Gasteiger partial charge in [-0.2, -0.15) is 5.10 Å². The molecule has 2 amide bonds. The highest BCUT2D eigenvalue weighted by Gasteiger charge is 2.27. The average molecular weight is 462 g/mol. The highest BCUT2D eigenvalue weighted by molar-refractivity contribution is 6.10. The van der Waals surface area contributed by atoms with Crippen LogP contribution in [0.2, 0.25) is 0 Å². The summed E-state index contributed by atoms with van der Waals surface area (Å²) in [5.74, 6) is 2.31. The molecule has 7 nitrogen and oxygen atoms in total. The lowest BCUT2D eigenvalue weighted by molar-refractivity contribution is -0.116. The molecule has 7 heteroatoms. The highest BCUT2D eigenvalue weighted by Crippen LogP contribution is 2.39. The lowest BCUT2D eigenvalue weighted by atomic mass is 10.0. The first-order valence-corrected chi connectivity index (χ1v) is 11.2. The minimum absolute atomic E-state index is 0.171. The van der Waals surface area contributed by atoms with Gasteiger partial charge in [-0.15, -0.1) is 6.42 Å². The van der Waals surface area contributed by atoms with Crippen molar-refractivity contribution >= 4 is 39.8 Å². The van der Waals surface area contributed by atoms with E-state index in [0.29, 0.717) is 29.0 Å². The molecule has 0 unspecified atom stereocenters. The Hall–Kier alpha value is -4.70. The van der Waals surface area contributed by atoms with Gasteiger partial charge in [-0.25, -0.2) is 0 Å². The van der Waals surface area contributed by atoms with Crippen molar-refractivity contribution in [3.05, 3.63) is 78.8 Å². The smallest absolute Gasteiger partial charge is 0.250 e. The SMILES string of the molecule is C#Cc1cnc2ccc(-c3cnn(C)c3)cc2c1N(C(C)=O)c1ccc2c(c1)N(C(=O)C=C)CC2. The lowest BCUT2D eigenvalue weighted by Gasteiger charge is -2.26. The Kier molecular flexibility index (Phi) is 5.42. The van der Waals surface area contributed by atoms with Crippen LogP contribution in [0.1, 0.15) is 18.1 Å². The van der Waals surface area contributed by atoms with Crippen LogP contribution >= 0.6 is 0 Å². The van der Waals surface area contributed by atoms with Crippen LogP contribution in [-0.2, 0) is 23.1 Å². The van der Waals surface area contributed by atoms with Crippen molar-refractivity contribution in [3.8, 4) is 23.5 Å². The quantitative estimate of drug-likeness (QED) is 0.334. The Morgan fingerprint density at radius 2 is 2.00 bits per heavy atom. The van der Waals surface area contributed by atoms with E-state index in [1.165, 1.54) is 13.0 Å². The van der Waals surface area contributed by atoms with E-state index in [0.717, 1.165) is 34.2 Å². The molecule has 0 spiro atoms. The number of carbonyl (C=O) groups excluding carboxylic acids is 2. The number of pyridine rings is 1. The number of hydrogen-bond donors (Lipinski definition) is 0. The topological polar surface area (TPSA) is 71.3 Å². The molecule has 1 aliphatic rings. The first-order valence-electron chi connectivity index (χ1n) is 11.2. The molecule has 5 rings (SSSR count). The molecule has 0 N–H and O–H groups in total. The summed E-state index contributed by atoms with van der Waals surface area (Å²) in [5, 5.41) is 5.01. The third-order valence-electron chi connectivity index (χ3n) is 6.24. The van der Waals surface area contributed by atoms with Gasteiger partial charge >= 0.3 is 0 Å². The molecule has 0 fully saturated rings. The van der Waals surface area contributed by atoms with Crippen LogP contribution in [0.25, 0.3) is 22.0 Å². The molecular formula is C28H23N5O2. The van der Waals surface area contributed by atoms with E-state index in [1.54, 1.807) is 26.9 Å². The lowest BCUT2D eigenvalue weighted by Crippen LogP contribution is -2.27. The molecule has 0 saturated carbocycles. The number of terminal acetylenes is 1. The summed E-state index contributed by atoms with van der Waals surface area (Å²) < 4.78 is 1.74. The van der Waals surface area contributed by atoms with E-state index in [4.69, 9.17) is 6.42 Å². The van der Waals surface area contributed by atoms with Crippen molar-refractivity contribution in [2.45, 2.75) is 13.3 Å². The Labute approximate surface area is 203 Å². The second-order valence-corrected chi connectivity index (χ2v) is 8.41. The van der Waals surface area contributed by atoms with Crippen molar-refractivity contribution in [1.82, 2.24) is 14.8 Å². The third-order valence-corrected chi connectivity index (χ3v) is 6.24. The fraction of sp³-hybridized carbons (Fsp3) is 0.143. The number of anilines is 3. The molecule has 0 saturated heterocycles. The standard InChI is InChI=1S/C28H23N5O2/c1-5-19-15-29-25-10-8-21(22-16-30-31(4)17-22)13-24(25)28(19)33(18(3)34)23-9-7-20-11-12-32(26(20)14-23)27(35)6-2/h1,6-10,13-17H,2,11-12H2,3-4H3. The molecule has 172 valence electrons. The largest absolute Gasteiger partial charge is 0.308 e.